The maximum atomic E-state index is 12.0. The van der Waals surface area contributed by atoms with E-state index < -0.39 is 10.0 Å². The van der Waals surface area contributed by atoms with Crippen molar-refractivity contribution in [2.45, 2.75) is 36.6 Å². The Labute approximate surface area is 114 Å². The molecule has 0 atom stereocenters. The molecule has 1 aromatic rings. The Morgan fingerprint density at radius 1 is 1.41 bits per heavy atom. The normalized spacial score (nSPS) is 17.5. The second-order valence-electron chi connectivity index (χ2n) is 4.05. The number of nitrogens with one attached hydrogen (secondary N) is 1. The number of pyridine rings is 1. The standard InChI is InChI=1S/C10H12BrClN2O2S/c11-9-5-8(6-13-10(9)12)17(15,16)14-7-3-1-2-4-7/h5-7,14H,1-4H2. The van der Waals surface area contributed by atoms with Crippen molar-refractivity contribution in [3.63, 3.8) is 0 Å². The highest BCUT2D eigenvalue weighted by atomic mass is 79.9. The van der Waals surface area contributed by atoms with Crippen LogP contribution in [0.3, 0.4) is 0 Å². The van der Waals surface area contributed by atoms with Crippen LogP contribution in [0.2, 0.25) is 5.15 Å². The van der Waals surface area contributed by atoms with Crippen LogP contribution < -0.4 is 4.72 Å². The first-order chi connectivity index (χ1) is 7.99. The van der Waals surface area contributed by atoms with Crippen LogP contribution in [0.1, 0.15) is 25.7 Å². The second kappa shape index (κ2) is 5.22. The largest absolute Gasteiger partial charge is 0.242 e. The molecular weight excluding hydrogens is 328 g/mol. The molecule has 1 aromatic heterocycles. The summed E-state index contributed by atoms with van der Waals surface area (Å²) in [5.74, 6) is 0. The molecule has 0 aromatic carbocycles. The van der Waals surface area contributed by atoms with Crippen LogP contribution >= 0.6 is 27.5 Å². The highest BCUT2D eigenvalue weighted by Crippen LogP contribution is 2.24. The predicted molar refractivity (Wildman–Crippen MR) is 69.5 cm³/mol. The van der Waals surface area contributed by atoms with Crippen molar-refractivity contribution in [2.75, 3.05) is 0 Å². The molecule has 1 heterocycles. The van der Waals surface area contributed by atoms with Crippen molar-refractivity contribution in [1.82, 2.24) is 9.71 Å². The Kier molecular flexibility index (Phi) is 4.07. The van der Waals surface area contributed by atoms with E-state index in [1.165, 1.54) is 12.3 Å². The number of sulfonamides is 1. The van der Waals surface area contributed by atoms with Crippen molar-refractivity contribution in [3.05, 3.63) is 21.9 Å². The number of aromatic nitrogens is 1. The highest BCUT2D eigenvalue weighted by Gasteiger charge is 2.23. The van der Waals surface area contributed by atoms with Crippen LogP contribution in [0.15, 0.2) is 21.6 Å². The molecule has 0 radical (unpaired) electrons. The molecular formula is C10H12BrClN2O2S. The van der Waals surface area contributed by atoms with Crippen LogP contribution in [-0.4, -0.2) is 19.4 Å². The van der Waals surface area contributed by atoms with Gasteiger partial charge in [0.25, 0.3) is 0 Å². The van der Waals surface area contributed by atoms with Crippen LogP contribution in [0.4, 0.5) is 0 Å². The van der Waals surface area contributed by atoms with E-state index in [2.05, 4.69) is 25.6 Å². The quantitative estimate of drug-likeness (QED) is 0.861. The van der Waals surface area contributed by atoms with E-state index in [0.717, 1.165) is 25.7 Å². The second-order valence-corrected chi connectivity index (χ2v) is 6.97. The van der Waals surface area contributed by atoms with Gasteiger partial charge in [-0.1, -0.05) is 24.4 Å². The molecule has 7 heteroatoms. The fourth-order valence-electron chi connectivity index (χ4n) is 1.88. The average molecular weight is 340 g/mol. The van der Waals surface area contributed by atoms with Crippen LogP contribution in [0.5, 0.6) is 0 Å². The van der Waals surface area contributed by atoms with E-state index >= 15 is 0 Å². The van der Waals surface area contributed by atoms with E-state index in [0.29, 0.717) is 4.47 Å². The van der Waals surface area contributed by atoms with Crippen molar-refractivity contribution < 1.29 is 8.42 Å². The summed E-state index contributed by atoms with van der Waals surface area (Å²) < 4.78 is 27.2. The molecule has 0 spiro atoms. The lowest BCUT2D eigenvalue weighted by molar-refractivity contribution is 0.552. The van der Waals surface area contributed by atoms with Gasteiger partial charge in [-0.2, -0.15) is 0 Å². The molecule has 1 fully saturated rings. The van der Waals surface area contributed by atoms with Crippen LogP contribution in [0, 0.1) is 0 Å². The number of nitrogens with zero attached hydrogens (tertiary/aromatic N) is 1. The molecule has 1 N–H and O–H groups in total. The summed E-state index contributed by atoms with van der Waals surface area (Å²) in [6, 6.07) is 1.52. The van der Waals surface area contributed by atoms with Gasteiger partial charge in [-0.25, -0.2) is 18.1 Å². The van der Waals surface area contributed by atoms with Crippen molar-refractivity contribution in [1.29, 1.82) is 0 Å². The summed E-state index contributed by atoms with van der Waals surface area (Å²) in [4.78, 5) is 3.96. The van der Waals surface area contributed by atoms with Gasteiger partial charge >= 0.3 is 0 Å². The minimum Gasteiger partial charge on any atom is -0.242 e. The molecule has 0 amide bonds. The summed E-state index contributed by atoms with van der Waals surface area (Å²) in [6.07, 6.45) is 5.23. The summed E-state index contributed by atoms with van der Waals surface area (Å²) in [5.41, 5.74) is 0. The third-order valence-corrected chi connectivity index (χ3v) is 5.38. The SMILES string of the molecule is O=S(=O)(NC1CCCC1)c1cnc(Cl)c(Br)c1. The van der Waals surface area contributed by atoms with Gasteiger partial charge in [-0.3, -0.25) is 0 Å². The molecule has 1 saturated carbocycles. The van der Waals surface area contributed by atoms with Crippen LogP contribution in [-0.2, 0) is 10.0 Å². The minimum atomic E-state index is -3.48. The molecule has 94 valence electrons. The van der Waals surface area contributed by atoms with Crippen molar-refractivity contribution in [3.8, 4) is 0 Å². The third kappa shape index (κ3) is 3.19. The smallest absolute Gasteiger partial charge is 0.242 e. The Balaban J connectivity index is 2.21. The van der Waals surface area contributed by atoms with Gasteiger partial charge in [0.05, 0.1) is 4.47 Å². The molecule has 0 bridgehead atoms. The summed E-state index contributed by atoms with van der Waals surface area (Å²) in [5, 5.41) is 0.254. The zero-order valence-corrected chi connectivity index (χ0v) is 12.1. The molecule has 1 aliphatic rings. The lowest BCUT2D eigenvalue weighted by Gasteiger charge is -2.12. The average Bonchev–Trinajstić information content (AvgIpc) is 2.73. The maximum absolute atomic E-state index is 12.0. The first kappa shape index (κ1) is 13.3. The first-order valence-electron chi connectivity index (χ1n) is 5.32. The lowest BCUT2D eigenvalue weighted by Crippen LogP contribution is -2.32. The van der Waals surface area contributed by atoms with Gasteiger partial charge in [-0.15, -0.1) is 0 Å². The van der Waals surface area contributed by atoms with E-state index in [9.17, 15) is 8.42 Å². The number of halogens is 2. The van der Waals surface area contributed by atoms with Crippen molar-refractivity contribution >= 4 is 37.6 Å². The molecule has 4 nitrogen and oxygen atoms in total. The van der Waals surface area contributed by atoms with E-state index in [1.54, 1.807) is 0 Å². The zero-order chi connectivity index (χ0) is 12.5. The fourth-order valence-corrected chi connectivity index (χ4v) is 3.76. The van der Waals surface area contributed by atoms with E-state index in [1.807, 2.05) is 0 Å². The van der Waals surface area contributed by atoms with Gasteiger partial charge in [-0.05, 0) is 34.8 Å². The van der Waals surface area contributed by atoms with Gasteiger partial charge < -0.3 is 0 Å². The van der Waals surface area contributed by atoms with E-state index in [-0.39, 0.29) is 16.1 Å². The lowest BCUT2D eigenvalue weighted by atomic mass is 10.3. The summed E-state index contributed by atoms with van der Waals surface area (Å²) in [7, 11) is -3.48. The van der Waals surface area contributed by atoms with Gasteiger partial charge in [0, 0.05) is 12.2 Å². The molecule has 0 aliphatic heterocycles. The molecule has 0 saturated heterocycles. The summed E-state index contributed by atoms with van der Waals surface area (Å²) >= 11 is 8.89. The van der Waals surface area contributed by atoms with Gasteiger partial charge in [0.1, 0.15) is 10.0 Å². The Morgan fingerprint density at radius 2 is 2.06 bits per heavy atom. The maximum Gasteiger partial charge on any atom is 0.242 e. The Hall–Kier alpha value is -0.170. The van der Waals surface area contributed by atoms with Gasteiger partial charge in [0.15, 0.2) is 0 Å². The Morgan fingerprint density at radius 3 is 2.65 bits per heavy atom. The zero-order valence-electron chi connectivity index (χ0n) is 8.99. The minimum absolute atomic E-state index is 0.0504. The predicted octanol–water partition coefficient (Wildman–Crippen LogP) is 2.72. The molecule has 17 heavy (non-hydrogen) atoms. The Bertz CT molecular complexity index is 515. The summed E-state index contributed by atoms with van der Waals surface area (Å²) in [6.45, 7) is 0. The molecule has 1 aliphatic carbocycles. The van der Waals surface area contributed by atoms with Crippen LogP contribution in [0.25, 0.3) is 0 Å². The number of hydrogen-bond acceptors (Lipinski definition) is 3. The molecule has 0 unspecified atom stereocenters. The van der Waals surface area contributed by atoms with E-state index in [4.69, 9.17) is 11.6 Å². The molecule has 2 rings (SSSR count). The third-order valence-electron chi connectivity index (χ3n) is 2.76. The fraction of sp³-hybridized carbons (Fsp3) is 0.500. The first-order valence-corrected chi connectivity index (χ1v) is 7.98. The van der Waals surface area contributed by atoms with Crippen molar-refractivity contribution in [2.24, 2.45) is 0 Å². The van der Waals surface area contributed by atoms with Gasteiger partial charge in [0.2, 0.25) is 10.0 Å². The number of hydrogen-bond donors (Lipinski definition) is 1. The topological polar surface area (TPSA) is 59.1 Å². The monoisotopic (exact) mass is 338 g/mol. The highest BCUT2D eigenvalue weighted by molar-refractivity contribution is 9.10. The number of rotatable bonds is 3.